The van der Waals surface area contributed by atoms with Crippen LogP contribution < -0.4 is 5.73 Å². The van der Waals surface area contributed by atoms with Gasteiger partial charge in [-0.15, -0.1) is 0 Å². The number of halogens is 1. The molecule has 1 unspecified atom stereocenters. The van der Waals surface area contributed by atoms with Crippen molar-refractivity contribution in [2.75, 3.05) is 6.26 Å². The first-order valence-electron chi connectivity index (χ1n) is 6.16. The third-order valence-electron chi connectivity index (χ3n) is 3.08. The van der Waals surface area contributed by atoms with E-state index in [0.29, 0.717) is 11.3 Å². The van der Waals surface area contributed by atoms with Gasteiger partial charge < -0.3 is 5.73 Å². The second kappa shape index (κ2) is 6.08. The van der Waals surface area contributed by atoms with Gasteiger partial charge in [-0.2, -0.15) is 0 Å². The highest BCUT2D eigenvalue weighted by molar-refractivity contribution is 9.10. The molecule has 2 rings (SSSR count). The van der Waals surface area contributed by atoms with E-state index in [4.69, 9.17) is 5.73 Å². The lowest BCUT2D eigenvalue weighted by Gasteiger charge is -2.13. The van der Waals surface area contributed by atoms with Crippen molar-refractivity contribution in [2.24, 2.45) is 5.73 Å². The van der Waals surface area contributed by atoms with Crippen molar-refractivity contribution in [1.82, 2.24) is 0 Å². The van der Waals surface area contributed by atoms with Crippen molar-refractivity contribution in [3.8, 4) is 0 Å². The van der Waals surface area contributed by atoms with Gasteiger partial charge in [0.25, 0.3) is 0 Å². The predicted octanol–water partition coefficient (Wildman–Crippen LogP) is 3.10. The summed E-state index contributed by atoms with van der Waals surface area (Å²) in [4.78, 5) is 0.307. The van der Waals surface area contributed by atoms with Crippen molar-refractivity contribution in [2.45, 2.75) is 17.4 Å². The van der Waals surface area contributed by atoms with Crippen molar-refractivity contribution >= 4 is 25.8 Å². The minimum absolute atomic E-state index is 0.224. The Morgan fingerprint density at radius 1 is 1.15 bits per heavy atom. The van der Waals surface area contributed by atoms with E-state index in [1.807, 2.05) is 30.3 Å². The van der Waals surface area contributed by atoms with Crippen LogP contribution >= 0.6 is 15.9 Å². The first kappa shape index (κ1) is 15.2. The van der Waals surface area contributed by atoms with E-state index in [1.165, 1.54) is 6.26 Å². The second-order valence-corrected chi connectivity index (χ2v) is 7.71. The van der Waals surface area contributed by atoms with E-state index in [0.717, 1.165) is 15.6 Å². The fourth-order valence-electron chi connectivity index (χ4n) is 1.97. The lowest BCUT2D eigenvalue weighted by molar-refractivity contribution is 0.601. The maximum absolute atomic E-state index is 11.6. The number of hydrogen-bond donors (Lipinski definition) is 1. The number of sulfone groups is 1. The lowest BCUT2D eigenvalue weighted by Crippen LogP contribution is -2.14. The van der Waals surface area contributed by atoms with Crippen LogP contribution in [0.3, 0.4) is 0 Å². The first-order chi connectivity index (χ1) is 9.36. The molecule has 2 aromatic rings. The maximum atomic E-state index is 11.6. The molecule has 20 heavy (non-hydrogen) atoms. The van der Waals surface area contributed by atoms with Crippen molar-refractivity contribution in [1.29, 1.82) is 0 Å². The standard InChI is InChI=1S/C15H16BrNO2S/c1-20(18,19)14-4-2-3-12(10-14)15(17)9-11-5-7-13(16)8-6-11/h2-8,10,15H,9,17H2,1H3. The highest BCUT2D eigenvalue weighted by atomic mass is 79.9. The van der Waals surface area contributed by atoms with Crippen LogP contribution in [0.15, 0.2) is 57.9 Å². The Morgan fingerprint density at radius 3 is 2.40 bits per heavy atom. The lowest BCUT2D eigenvalue weighted by atomic mass is 10.00. The fraction of sp³-hybridized carbons (Fsp3) is 0.200. The van der Waals surface area contributed by atoms with Gasteiger partial charge in [0, 0.05) is 16.8 Å². The van der Waals surface area contributed by atoms with Crippen LogP contribution in [-0.2, 0) is 16.3 Å². The quantitative estimate of drug-likeness (QED) is 0.918. The van der Waals surface area contributed by atoms with Gasteiger partial charge in [0.05, 0.1) is 4.90 Å². The third kappa shape index (κ3) is 3.91. The van der Waals surface area contributed by atoms with Crippen LogP contribution in [0.5, 0.6) is 0 Å². The molecule has 0 heterocycles. The van der Waals surface area contributed by atoms with Gasteiger partial charge >= 0.3 is 0 Å². The molecule has 0 amide bonds. The molecular formula is C15H16BrNO2S. The highest BCUT2D eigenvalue weighted by Gasteiger charge is 2.12. The molecule has 0 saturated carbocycles. The zero-order chi connectivity index (χ0) is 14.8. The summed E-state index contributed by atoms with van der Waals surface area (Å²) in [6, 6.07) is 14.5. The summed E-state index contributed by atoms with van der Waals surface area (Å²) in [6.07, 6.45) is 1.87. The molecule has 0 aliphatic heterocycles. The molecule has 5 heteroatoms. The van der Waals surface area contributed by atoms with Crippen LogP contribution in [0.25, 0.3) is 0 Å². The van der Waals surface area contributed by atoms with Crippen molar-refractivity contribution in [3.05, 3.63) is 64.1 Å². The molecule has 2 aromatic carbocycles. The summed E-state index contributed by atoms with van der Waals surface area (Å²) in [7, 11) is -3.20. The Kier molecular flexibility index (Phi) is 4.62. The Hall–Kier alpha value is -1.17. The first-order valence-corrected chi connectivity index (χ1v) is 8.85. The number of nitrogens with two attached hydrogens (primary N) is 1. The third-order valence-corrected chi connectivity index (χ3v) is 4.72. The Balaban J connectivity index is 2.21. The SMILES string of the molecule is CS(=O)(=O)c1cccc(C(N)Cc2ccc(Br)cc2)c1. The van der Waals surface area contributed by atoms with Gasteiger partial charge in [0.2, 0.25) is 0 Å². The molecule has 0 aliphatic carbocycles. The zero-order valence-electron chi connectivity index (χ0n) is 11.1. The smallest absolute Gasteiger partial charge is 0.175 e. The summed E-state index contributed by atoms with van der Waals surface area (Å²) in [6.45, 7) is 0. The average Bonchev–Trinajstić information content (AvgIpc) is 2.40. The molecular weight excluding hydrogens is 338 g/mol. The number of hydrogen-bond acceptors (Lipinski definition) is 3. The normalized spacial score (nSPS) is 13.2. The molecule has 3 nitrogen and oxygen atoms in total. The topological polar surface area (TPSA) is 60.2 Å². The molecule has 0 aromatic heterocycles. The monoisotopic (exact) mass is 353 g/mol. The molecule has 0 radical (unpaired) electrons. The van der Waals surface area contributed by atoms with Crippen LogP contribution in [0, 0.1) is 0 Å². The van der Waals surface area contributed by atoms with E-state index < -0.39 is 9.84 Å². The van der Waals surface area contributed by atoms with Crippen molar-refractivity contribution in [3.63, 3.8) is 0 Å². The summed E-state index contributed by atoms with van der Waals surface area (Å²) in [5.74, 6) is 0. The molecule has 0 bridgehead atoms. The summed E-state index contributed by atoms with van der Waals surface area (Å²) < 4.78 is 24.1. The highest BCUT2D eigenvalue weighted by Crippen LogP contribution is 2.20. The van der Waals surface area contributed by atoms with Crippen LogP contribution in [-0.4, -0.2) is 14.7 Å². The molecule has 0 spiro atoms. The predicted molar refractivity (Wildman–Crippen MR) is 84.3 cm³/mol. The van der Waals surface area contributed by atoms with E-state index >= 15 is 0 Å². The van der Waals surface area contributed by atoms with E-state index in [-0.39, 0.29) is 6.04 Å². The molecule has 0 aliphatic rings. The molecule has 0 fully saturated rings. The largest absolute Gasteiger partial charge is 0.324 e. The van der Waals surface area contributed by atoms with Gasteiger partial charge in [0.1, 0.15) is 0 Å². The Labute approximate surface area is 127 Å². The second-order valence-electron chi connectivity index (χ2n) is 4.78. The van der Waals surface area contributed by atoms with Gasteiger partial charge in [-0.3, -0.25) is 0 Å². The van der Waals surface area contributed by atoms with Crippen LogP contribution in [0.1, 0.15) is 17.2 Å². The fourth-order valence-corrected chi connectivity index (χ4v) is 2.91. The minimum Gasteiger partial charge on any atom is -0.324 e. The maximum Gasteiger partial charge on any atom is 0.175 e. The van der Waals surface area contributed by atoms with Gasteiger partial charge in [-0.05, 0) is 41.8 Å². The van der Waals surface area contributed by atoms with Gasteiger partial charge in [-0.25, -0.2) is 8.42 Å². The molecule has 106 valence electrons. The summed E-state index contributed by atoms with van der Waals surface area (Å²) in [5.41, 5.74) is 8.12. The van der Waals surface area contributed by atoms with E-state index in [9.17, 15) is 8.42 Å². The molecule has 0 saturated heterocycles. The Morgan fingerprint density at radius 2 is 1.80 bits per heavy atom. The molecule has 2 N–H and O–H groups in total. The van der Waals surface area contributed by atoms with Crippen LogP contribution in [0.2, 0.25) is 0 Å². The average molecular weight is 354 g/mol. The van der Waals surface area contributed by atoms with E-state index in [2.05, 4.69) is 15.9 Å². The summed E-state index contributed by atoms with van der Waals surface area (Å²) >= 11 is 3.39. The Bertz CT molecular complexity index is 696. The van der Waals surface area contributed by atoms with Crippen molar-refractivity contribution < 1.29 is 8.42 Å². The minimum atomic E-state index is -3.20. The molecule has 1 atom stereocenters. The zero-order valence-corrected chi connectivity index (χ0v) is 13.5. The van der Waals surface area contributed by atoms with Gasteiger partial charge in [0.15, 0.2) is 9.84 Å². The number of benzene rings is 2. The summed E-state index contributed by atoms with van der Waals surface area (Å²) in [5, 5.41) is 0. The number of rotatable bonds is 4. The van der Waals surface area contributed by atoms with Gasteiger partial charge in [-0.1, -0.05) is 40.2 Å². The van der Waals surface area contributed by atoms with Crippen LogP contribution in [0.4, 0.5) is 0 Å². The van der Waals surface area contributed by atoms with E-state index in [1.54, 1.807) is 18.2 Å².